The molecule has 1 N–H and O–H groups in total. The lowest BCUT2D eigenvalue weighted by molar-refractivity contribution is -0.119. The topological polar surface area (TPSA) is 96.9 Å². The van der Waals surface area contributed by atoms with Gasteiger partial charge in [0.1, 0.15) is 17.3 Å². The van der Waals surface area contributed by atoms with Crippen molar-refractivity contribution in [3.63, 3.8) is 0 Å². The van der Waals surface area contributed by atoms with Crippen LogP contribution in [0.2, 0.25) is 0 Å². The Hall–Kier alpha value is -3.36. The fourth-order valence-corrected chi connectivity index (χ4v) is 3.14. The predicted molar refractivity (Wildman–Crippen MR) is 107 cm³/mol. The van der Waals surface area contributed by atoms with Gasteiger partial charge in [0, 0.05) is 38.8 Å². The molecule has 1 aliphatic rings. The molecular weight excluding hydrogens is 374 g/mol. The van der Waals surface area contributed by atoms with Crippen molar-refractivity contribution in [3.8, 4) is 11.5 Å². The molecule has 0 bridgehead atoms. The van der Waals surface area contributed by atoms with E-state index in [9.17, 15) is 9.59 Å². The first-order valence-corrected chi connectivity index (χ1v) is 9.33. The monoisotopic (exact) mass is 399 g/mol. The summed E-state index contributed by atoms with van der Waals surface area (Å²) in [6.45, 7) is 4.31. The Morgan fingerprint density at radius 3 is 2.48 bits per heavy atom. The third-order valence-electron chi connectivity index (χ3n) is 4.73. The van der Waals surface area contributed by atoms with E-state index in [0.717, 1.165) is 12.0 Å². The summed E-state index contributed by atoms with van der Waals surface area (Å²) in [6.07, 6.45) is 0.812. The van der Waals surface area contributed by atoms with Crippen LogP contribution in [0.4, 0.5) is 5.82 Å². The van der Waals surface area contributed by atoms with Crippen LogP contribution >= 0.6 is 0 Å². The number of nitrogens with one attached hydrogen (secondary N) is 1. The molecule has 1 aromatic carbocycles. The number of carbonyl (C=O) groups is 2. The van der Waals surface area contributed by atoms with Gasteiger partial charge in [-0.3, -0.25) is 9.59 Å². The smallest absolute Gasteiger partial charge is 0.272 e. The highest BCUT2D eigenvalue weighted by molar-refractivity contribution is 5.93. The van der Waals surface area contributed by atoms with Gasteiger partial charge in [-0.1, -0.05) is 6.07 Å². The summed E-state index contributed by atoms with van der Waals surface area (Å²) >= 11 is 0. The fraction of sp³-hybridized carbons (Fsp3) is 0.400. The molecule has 2 aromatic rings. The second-order valence-corrected chi connectivity index (χ2v) is 6.66. The quantitative estimate of drug-likeness (QED) is 0.702. The van der Waals surface area contributed by atoms with E-state index in [1.807, 2.05) is 18.2 Å². The molecule has 0 aliphatic carbocycles. The molecule has 9 nitrogen and oxygen atoms in total. The van der Waals surface area contributed by atoms with Gasteiger partial charge in [0.2, 0.25) is 6.41 Å². The number of anilines is 1. The van der Waals surface area contributed by atoms with E-state index in [-0.39, 0.29) is 5.91 Å². The molecule has 0 spiro atoms. The zero-order valence-corrected chi connectivity index (χ0v) is 16.8. The number of hydrogen-bond donors (Lipinski definition) is 1. The van der Waals surface area contributed by atoms with E-state index in [0.29, 0.717) is 61.6 Å². The molecule has 2 heterocycles. The van der Waals surface area contributed by atoms with Crippen LogP contribution in [0, 0.1) is 6.92 Å². The highest BCUT2D eigenvalue weighted by Gasteiger charge is 2.23. The molecule has 0 radical (unpaired) electrons. The minimum absolute atomic E-state index is 0.157. The maximum atomic E-state index is 12.8. The number of nitrogens with zero attached hydrogens (tertiary/aromatic N) is 4. The number of hydrogen-bond acceptors (Lipinski definition) is 7. The summed E-state index contributed by atoms with van der Waals surface area (Å²) in [7, 11) is 3.19. The second kappa shape index (κ2) is 9.22. The number of aryl methyl sites for hydroxylation is 1. The van der Waals surface area contributed by atoms with Crippen molar-refractivity contribution in [2.45, 2.75) is 13.5 Å². The number of amides is 2. The lowest BCUT2D eigenvalue weighted by Crippen LogP contribution is -2.48. The van der Waals surface area contributed by atoms with E-state index in [4.69, 9.17) is 9.47 Å². The Morgan fingerprint density at radius 2 is 1.83 bits per heavy atom. The normalized spacial score (nSPS) is 13.8. The first-order chi connectivity index (χ1) is 14.0. The van der Waals surface area contributed by atoms with Gasteiger partial charge in [0.15, 0.2) is 11.5 Å². The Morgan fingerprint density at radius 1 is 1.10 bits per heavy atom. The van der Waals surface area contributed by atoms with Gasteiger partial charge in [0.25, 0.3) is 5.91 Å². The standard InChI is InChI=1S/C20H25N5O4/c1-14-22-16(20(27)25-8-6-24(13-26)7-9-25)11-19(23-14)21-12-15-4-5-17(28-2)18(10-15)29-3/h4-5,10-11,13H,6-9,12H2,1-3H3,(H,21,22,23). The number of ether oxygens (including phenoxy) is 2. The van der Waals surface area contributed by atoms with E-state index in [2.05, 4.69) is 15.3 Å². The lowest BCUT2D eigenvalue weighted by atomic mass is 10.2. The molecule has 2 amide bonds. The SMILES string of the molecule is COc1ccc(CNc2cc(C(=O)N3CCN(C=O)CC3)nc(C)n2)cc1OC. The van der Waals surface area contributed by atoms with Gasteiger partial charge in [0.05, 0.1) is 14.2 Å². The Balaban J connectivity index is 1.69. The maximum Gasteiger partial charge on any atom is 0.272 e. The molecule has 0 saturated carbocycles. The van der Waals surface area contributed by atoms with Crippen LogP contribution in [0.1, 0.15) is 21.9 Å². The molecule has 1 aromatic heterocycles. The van der Waals surface area contributed by atoms with Crippen molar-refractivity contribution in [1.29, 1.82) is 0 Å². The van der Waals surface area contributed by atoms with E-state index < -0.39 is 0 Å². The van der Waals surface area contributed by atoms with E-state index >= 15 is 0 Å². The third kappa shape index (κ3) is 4.92. The molecule has 3 rings (SSSR count). The second-order valence-electron chi connectivity index (χ2n) is 6.66. The van der Waals surface area contributed by atoms with Crippen molar-refractivity contribution in [1.82, 2.24) is 19.8 Å². The molecule has 9 heteroatoms. The number of benzene rings is 1. The van der Waals surface area contributed by atoms with Gasteiger partial charge >= 0.3 is 0 Å². The summed E-state index contributed by atoms with van der Waals surface area (Å²) < 4.78 is 10.6. The van der Waals surface area contributed by atoms with Crippen molar-refractivity contribution in [2.24, 2.45) is 0 Å². The molecule has 29 heavy (non-hydrogen) atoms. The van der Waals surface area contributed by atoms with Gasteiger partial charge in [-0.05, 0) is 24.6 Å². The Bertz CT molecular complexity index is 881. The van der Waals surface area contributed by atoms with Crippen LogP contribution in [0.25, 0.3) is 0 Å². The summed E-state index contributed by atoms with van der Waals surface area (Å²) in [4.78, 5) is 35.7. The molecular formula is C20H25N5O4. The summed E-state index contributed by atoms with van der Waals surface area (Å²) in [6, 6.07) is 7.32. The van der Waals surface area contributed by atoms with Gasteiger partial charge in [-0.2, -0.15) is 0 Å². The van der Waals surface area contributed by atoms with Crippen molar-refractivity contribution in [3.05, 3.63) is 41.3 Å². The van der Waals surface area contributed by atoms with E-state index in [1.54, 1.807) is 37.0 Å². The van der Waals surface area contributed by atoms with Gasteiger partial charge < -0.3 is 24.6 Å². The van der Waals surface area contributed by atoms with Crippen LogP contribution in [-0.4, -0.2) is 72.5 Å². The zero-order valence-electron chi connectivity index (χ0n) is 16.8. The zero-order chi connectivity index (χ0) is 20.8. The Labute approximate surface area is 169 Å². The minimum Gasteiger partial charge on any atom is -0.493 e. The predicted octanol–water partition coefficient (Wildman–Crippen LogP) is 1.33. The first kappa shape index (κ1) is 20.4. The average molecular weight is 399 g/mol. The maximum absolute atomic E-state index is 12.8. The summed E-state index contributed by atoms with van der Waals surface area (Å²) in [5.41, 5.74) is 1.32. The molecule has 1 fully saturated rings. The van der Waals surface area contributed by atoms with Crippen LogP contribution < -0.4 is 14.8 Å². The number of piperazine rings is 1. The Kier molecular flexibility index (Phi) is 6.48. The number of aromatic nitrogens is 2. The number of carbonyl (C=O) groups excluding carboxylic acids is 2. The summed E-state index contributed by atoms with van der Waals surface area (Å²) in [5.74, 6) is 2.24. The van der Waals surface area contributed by atoms with Crippen molar-refractivity contribution >= 4 is 18.1 Å². The van der Waals surface area contributed by atoms with Crippen molar-refractivity contribution in [2.75, 3.05) is 45.7 Å². The lowest BCUT2D eigenvalue weighted by Gasteiger charge is -2.32. The van der Waals surface area contributed by atoms with Gasteiger partial charge in [-0.25, -0.2) is 9.97 Å². The van der Waals surface area contributed by atoms with Crippen LogP contribution in [0.15, 0.2) is 24.3 Å². The van der Waals surface area contributed by atoms with Crippen LogP contribution in [0.3, 0.4) is 0 Å². The largest absolute Gasteiger partial charge is 0.493 e. The third-order valence-corrected chi connectivity index (χ3v) is 4.73. The molecule has 1 saturated heterocycles. The van der Waals surface area contributed by atoms with Crippen LogP contribution in [0.5, 0.6) is 11.5 Å². The molecule has 154 valence electrons. The molecule has 0 atom stereocenters. The van der Waals surface area contributed by atoms with Gasteiger partial charge in [-0.15, -0.1) is 0 Å². The highest BCUT2D eigenvalue weighted by atomic mass is 16.5. The number of rotatable bonds is 7. The molecule has 0 unspecified atom stereocenters. The van der Waals surface area contributed by atoms with E-state index in [1.165, 1.54) is 0 Å². The fourth-order valence-electron chi connectivity index (χ4n) is 3.14. The summed E-state index contributed by atoms with van der Waals surface area (Å²) in [5, 5.41) is 3.23. The van der Waals surface area contributed by atoms with Crippen molar-refractivity contribution < 1.29 is 19.1 Å². The average Bonchev–Trinajstić information content (AvgIpc) is 2.76. The highest BCUT2D eigenvalue weighted by Crippen LogP contribution is 2.27. The minimum atomic E-state index is -0.157. The first-order valence-electron chi connectivity index (χ1n) is 9.33. The number of methoxy groups -OCH3 is 2. The van der Waals surface area contributed by atoms with Crippen LogP contribution in [-0.2, 0) is 11.3 Å². The molecule has 1 aliphatic heterocycles.